The maximum absolute atomic E-state index is 12.6. The highest BCUT2D eigenvalue weighted by atomic mass is 32.1. The molecule has 2 rings (SSSR count). The van der Waals surface area contributed by atoms with Crippen LogP contribution >= 0.6 is 12.2 Å². The van der Waals surface area contributed by atoms with Gasteiger partial charge in [0.05, 0.1) is 16.7 Å². The zero-order chi connectivity index (χ0) is 14.5. The Morgan fingerprint density at radius 1 is 1.40 bits per heavy atom. The lowest BCUT2D eigenvalue weighted by Gasteiger charge is -2.22. The van der Waals surface area contributed by atoms with E-state index in [1.54, 1.807) is 29.0 Å². The van der Waals surface area contributed by atoms with Gasteiger partial charge in [-0.1, -0.05) is 30.4 Å². The molecule has 0 atom stereocenters. The fourth-order valence-electron chi connectivity index (χ4n) is 1.87. The van der Waals surface area contributed by atoms with Crippen molar-refractivity contribution < 1.29 is 4.79 Å². The van der Waals surface area contributed by atoms with Crippen LogP contribution in [0, 0.1) is 0 Å². The first-order valence-electron chi connectivity index (χ1n) is 6.22. The van der Waals surface area contributed by atoms with E-state index in [-0.39, 0.29) is 5.91 Å². The topological polar surface area (TPSA) is 64.2 Å². The van der Waals surface area contributed by atoms with E-state index >= 15 is 0 Å². The SMILES string of the molecule is Cn1cc(C(=O)N(CCC(N)=S)c2ccccc2)cn1. The van der Waals surface area contributed by atoms with Gasteiger partial charge in [-0.05, 0) is 12.1 Å². The second kappa shape index (κ2) is 6.29. The third-order valence-electron chi connectivity index (χ3n) is 2.85. The first-order valence-corrected chi connectivity index (χ1v) is 6.62. The summed E-state index contributed by atoms with van der Waals surface area (Å²) in [6.45, 7) is 0.451. The van der Waals surface area contributed by atoms with Gasteiger partial charge in [0, 0.05) is 31.9 Å². The molecule has 0 unspecified atom stereocenters. The fraction of sp³-hybridized carbons (Fsp3) is 0.214. The zero-order valence-corrected chi connectivity index (χ0v) is 12.0. The van der Waals surface area contributed by atoms with Crippen LogP contribution in [0.3, 0.4) is 0 Å². The van der Waals surface area contributed by atoms with Crippen molar-refractivity contribution in [2.75, 3.05) is 11.4 Å². The first-order chi connectivity index (χ1) is 9.58. The van der Waals surface area contributed by atoms with Crippen molar-refractivity contribution in [1.82, 2.24) is 9.78 Å². The van der Waals surface area contributed by atoms with Crippen LogP contribution < -0.4 is 10.6 Å². The van der Waals surface area contributed by atoms with Crippen LogP contribution in [0.25, 0.3) is 0 Å². The fourth-order valence-corrected chi connectivity index (χ4v) is 1.96. The second-order valence-electron chi connectivity index (χ2n) is 4.41. The Morgan fingerprint density at radius 2 is 2.10 bits per heavy atom. The van der Waals surface area contributed by atoms with Gasteiger partial charge in [-0.25, -0.2) is 0 Å². The lowest BCUT2D eigenvalue weighted by Crippen LogP contribution is -2.33. The van der Waals surface area contributed by atoms with E-state index in [1.807, 2.05) is 30.3 Å². The standard InChI is InChI=1S/C14H16N4OS/c1-17-10-11(9-16-17)14(19)18(8-7-13(15)20)12-5-3-2-4-6-12/h2-6,9-10H,7-8H2,1H3,(H2,15,20). The Bertz CT molecular complexity index is 609. The molecule has 0 radical (unpaired) electrons. The Balaban J connectivity index is 2.26. The predicted octanol–water partition coefficient (Wildman–Crippen LogP) is 1.74. The van der Waals surface area contributed by atoms with Gasteiger partial charge < -0.3 is 10.6 Å². The number of thiocarbonyl (C=S) groups is 1. The molecule has 2 N–H and O–H groups in total. The van der Waals surface area contributed by atoms with Crippen molar-refractivity contribution in [2.24, 2.45) is 12.8 Å². The molecule has 0 spiro atoms. The summed E-state index contributed by atoms with van der Waals surface area (Å²) >= 11 is 4.89. The Morgan fingerprint density at radius 3 is 2.65 bits per heavy atom. The first kappa shape index (κ1) is 14.2. The molecule has 0 bridgehead atoms. The third kappa shape index (κ3) is 3.42. The van der Waals surface area contributed by atoms with Crippen molar-refractivity contribution in [3.05, 3.63) is 48.3 Å². The number of carbonyl (C=O) groups is 1. The largest absolute Gasteiger partial charge is 0.393 e. The lowest BCUT2D eigenvalue weighted by molar-refractivity contribution is 0.0987. The van der Waals surface area contributed by atoms with Gasteiger partial charge >= 0.3 is 0 Å². The van der Waals surface area contributed by atoms with E-state index < -0.39 is 0 Å². The van der Waals surface area contributed by atoms with Gasteiger partial charge in [0.25, 0.3) is 5.91 Å². The van der Waals surface area contributed by atoms with Crippen molar-refractivity contribution in [1.29, 1.82) is 0 Å². The molecule has 1 amide bonds. The Labute approximate surface area is 123 Å². The molecule has 6 heteroatoms. The number of rotatable bonds is 5. The maximum atomic E-state index is 12.6. The quantitative estimate of drug-likeness (QED) is 0.851. The number of aromatic nitrogens is 2. The van der Waals surface area contributed by atoms with Crippen molar-refractivity contribution in [3.8, 4) is 0 Å². The predicted molar refractivity (Wildman–Crippen MR) is 82.7 cm³/mol. The smallest absolute Gasteiger partial charge is 0.261 e. The van der Waals surface area contributed by atoms with Crippen LogP contribution in [-0.4, -0.2) is 27.2 Å². The molecule has 0 saturated carbocycles. The highest BCUT2D eigenvalue weighted by Gasteiger charge is 2.18. The average molecular weight is 288 g/mol. The molecule has 20 heavy (non-hydrogen) atoms. The number of hydrogen-bond acceptors (Lipinski definition) is 3. The van der Waals surface area contributed by atoms with E-state index in [2.05, 4.69) is 5.10 Å². The van der Waals surface area contributed by atoms with Crippen molar-refractivity contribution >= 4 is 28.8 Å². The second-order valence-corrected chi connectivity index (χ2v) is 4.94. The summed E-state index contributed by atoms with van der Waals surface area (Å²) < 4.78 is 1.60. The minimum atomic E-state index is -0.111. The Hall–Kier alpha value is -2.21. The van der Waals surface area contributed by atoms with E-state index in [0.29, 0.717) is 23.5 Å². The van der Waals surface area contributed by atoms with E-state index in [1.165, 1.54) is 0 Å². The number of benzene rings is 1. The number of carbonyl (C=O) groups excluding carboxylic acids is 1. The summed E-state index contributed by atoms with van der Waals surface area (Å²) in [5.74, 6) is -0.111. The molecular formula is C14H16N4OS. The molecule has 0 aliphatic rings. The number of nitrogens with zero attached hydrogens (tertiary/aromatic N) is 3. The highest BCUT2D eigenvalue weighted by molar-refractivity contribution is 7.80. The van der Waals surface area contributed by atoms with Gasteiger partial charge in [-0.3, -0.25) is 9.48 Å². The summed E-state index contributed by atoms with van der Waals surface area (Å²) in [7, 11) is 1.78. The molecule has 0 saturated heterocycles. The molecular weight excluding hydrogens is 272 g/mol. The number of para-hydroxylation sites is 1. The van der Waals surface area contributed by atoms with E-state index in [0.717, 1.165) is 5.69 Å². The number of nitrogens with two attached hydrogens (primary N) is 1. The third-order valence-corrected chi connectivity index (χ3v) is 3.05. The van der Waals surface area contributed by atoms with Gasteiger partial charge in [0.15, 0.2) is 0 Å². The summed E-state index contributed by atoms with van der Waals surface area (Å²) in [5.41, 5.74) is 6.90. The normalized spacial score (nSPS) is 10.2. The maximum Gasteiger partial charge on any atom is 0.261 e. The molecule has 2 aromatic rings. The van der Waals surface area contributed by atoms with Crippen LogP contribution in [0.4, 0.5) is 5.69 Å². The van der Waals surface area contributed by atoms with Crippen molar-refractivity contribution in [3.63, 3.8) is 0 Å². The van der Waals surface area contributed by atoms with Crippen LogP contribution in [0.15, 0.2) is 42.7 Å². The minimum absolute atomic E-state index is 0.111. The van der Waals surface area contributed by atoms with Gasteiger partial charge in [-0.2, -0.15) is 5.10 Å². The van der Waals surface area contributed by atoms with Crippen LogP contribution in [-0.2, 0) is 7.05 Å². The number of aryl methyl sites for hydroxylation is 1. The lowest BCUT2D eigenvalue weighted by atomic mass is 10.2. The molecule has 1 aromatic heterocycles. The number of amides is 1. The monoisotopic (exact) mass is 288 g/mol. The zero-order valence-electron chi connectivity index (χ0n) is 11.2. The highest BCUT2D eigenvalue weighted by Crippen LogP contribution is 2.17. The molecule has 104 valence electrons. The van der Waals surface area contributed by atoms with Crippen LogP contribution in [0.2, 0.25) is 0 Å². The summed E-state index contributed by atoms with van der Waals surface area (Å²) in [6.07, 6.45) is 3.73. The summed E-state index contributed by atoms with van der Waals surface area (Å²) in [4.78, 5) is 14.6. The molecule has 1 heterocycles. The van der Waals surface area contributed by atoms with Gasteiger partial charge in [0.1, 0.15) is 0 Å². The minimum Gasteiger partial charge on any atom is -0.393 e. The number of hydrogen-bond donors (Lipinski definition) is 1. The average Bonchev–Trinajstić information content (AvgIpc) is 2.86. The van der Waals surface area contributed by atoms with E-state index in [4.69, 9.17) is 18.0 Å². The Kier molecular flexibility index (Phi) is 4.47. The van der Waals surface area contributed by atoms with Crippen LogP contribution in [0.5, 0.6) is 0 Å². The molecule has 1 aromatic carbocycles. The van der Waals surface area contributed by atoms with Crippen molar-refractivity contribution in [2.45, 2.75) is 6.42 Å². The van der Waals surface area contributed by atoms with E-state index in [9.17, 15) is 4.79 Å². The summed E-state index contributed by atoms with van der Waals surface area (Å²) in [5, 5.41) is 4.03. The molecule has 0 aliphatic heterocycles. The van der Waals surface area contributed by atoms with Crippen LogP contribution in [0.1, 0.15) is 16.8 Å². The molecule has 0 aliphatic carbocycles. The molecule has 0 fully saturated rings. The molecule has 5 nitrogen and oxygen atoms in total. The summed E-state index contributed by atoms with van der Waals surface area (Å²) in [6, 6.07) is 9.45. The number of anilines is 1. The van der Waals surface area contributed by atoms with Gasteiger partial charge in [0.2, 0.25) is 0 Å². The van der Waals surface area contributed by atoms with Gasteiger partial charge in [-0.15, -0.1) is 0 Å².